The van der Waals surface area contributed by atoms with Crippen LogP contribution in [0.4, 0.5) is 0 Å². The molecule has 2 amide bonds. The third-order valence-electron chi connectivity index (χ3n) is 4.35. The van der Waals surface area contributed by atoms with Crippen LogP contribution in [0.2, 0.25) is 0 Å². The normalized spacial score (nSPS) is 11.1. The van der Waals surface area contributed by atoms with E-state index in [1.54, 1.807) is 30.7 Å². The summed E-state index contributed by atoms with van der Waals surface area (Å²) in [6.45, 7) is 3.21. The summed E-state index contributed by atoms with van der Waals surface area (Å²) in [6.07, 6.45) is 7.78. The average molecular weight is 388 g/mol. The van der Waals surface area contributed by atoms with Gasteiger partial charge in [-0.1, -0.05) is 48.0 Å². The predicted molar refractivity (Wildman–Crippen MR) is 113 cm³/mol. The van der Waals surface area contributed by atoms with E-state index in [-0.39, 0.29) is 17.5 Å². The van der Waals surface area contributed by atoms with Gasteiger partial charge in [-0.3, -0.25) is 9.59 Å². The number of hydrogen-bond acceptors (Lipinski definition) is 3. The van der Waals surface area contributed by atoms with Crippen LogP contribution in [0.5, 0.6) is 0 Å². The van der Waals surface area contributed by atoms with Gasteiger partial charge in [-0.05, 0) is 37.1 Å². The molecule has 1 heterocycles. The molecule has 0 unspecified atom stereocenters. The topological polar surface area (TPSA) is 76.0 Å². The van der Waals surface area contributed by atoms with Crippen LogP contribution in [0.25, 0.3) is 6.08 Å². The predicted octanol–water partition coefficient (Wildman–Crippen LogP) is 3.17. The van der Waals surface area contributed by atoms with E-state index in [1.807, 2.05) is 60.2 Å². The number of rotatable bonds is 8. The molecular formula is C23H24N4O2. The van der Waals surface area contributed by atoms with Gasteiger partial charge < -0.3 is 15.2 Å². The van der Waals surface area contributed by atoms with Crippen LogP contribution in [0.15, 0.2) is 79.0 Å². The van der Waals surface area contributed by atoms with Crippen molar-refractivity contribution in [3.8, 4) is 0 Å². The first-order valence-electron chi connectivity index (χ1n) is 9.50. The molecule has 0 fully saturated rings. The molecule has 29 heavy (non-hydrogen) atoms. The average Bonchev–Trinajstić information content (AvgIpc) is 3.25. The van der Waals surface area contributed by atoms with Crippen LogP contribution in [0.3, 0.4) is 0 Å². The molecule has 0 aliphatic carbocycles. The first-order chi connectivity index (χ1) is 14.1. The van der Waals surface area contributed by atoms with Gasteiger partial charge in [-0.25, -0.2) is 4.98 Å². The van der Waals surface area contributed by atoms with Crippen molar-refractivity contribution in [1.29, 1.82) is 0 Å². The highest BCUT2D eigenvalue weighted by molar-refractivity contribution is 6.05. The van der Waals surface area contributed by atoms with Crippen molar-refractivity contribution in [2.45, 2.75) is 19.9 Å². The maximum atomic E-state index is 12.7. The Morgan fingerprint density at radius 3 is 2.52 bits per heavy atom. The first-order valence-corrected chi connectivity index (χ1v) is 9.50. The summed E-state index contributed by atoms with van der Waals surface area (Å²) in [5.41, 5.74) is 2.62. The summed E-state index contributed by atoms with van der Waals surface area (Å²) in [5.74, 6) is -0.638. The molecule has 148 valence electrons. The van der Waals surface area contributed by atoms with E-state index in [9.17, 15) is 9.59 Å². The minimum absolute atomic E-state index is 0.212. The molecule has 0 aliphatic heterocycles. The molecule has 3 aromatic rings. The van der Waals surface area contributed by atoms with E-state index in [0.717, 1.165) is 24.1 Å². The van der Waals surface area contributed by atoms with Gasteiger partial charge in [0.25, 0.3) is 11.8 Å². The van der Waals surface area contributed by atoms with Crippen LogP contribution < -0.4 is 10.6 Å². The quantitative estimate of drug-likeness (QED) is 0.460. The van der Waals surface area contributed by atoms with Gasteiger partial charge in [0, 0.05) is 31.0 Å². The number of nitrogens with one attached hydrogen (secondary N) is 2. The lowest BCUT2D eigenvalue weighted by molar-refractivity contribution is -0.117. The van der Waals surface area contributed by atoms with E-state index in [4.69, 9.17) is 0 Å². The molecule has 0 aliphatic rings. The standard InChI is InChI=1S/C23H24N4O2/c1-18-8-10-20(11-9-18)22(28)26-21(16-19-6-3-2-4-7-19)23(29)25-12-5-14-27-15-13-24-17-27/h2-4,6-11,13,15-17H,5,12,14H2,1H3,(H,25,29)(H,26,28)/b21-16-. The summed E-state index contributed by atoms with van der Waals surface area (Å²) < 4.78 is 1.95. The van der Waals surface area contributed by atoms with Crippen LogP contribution in [-0.2, 0) is 11.3 Å². The van der Waals surface area contributed by atoms with Crippen LogP contribution in [0, 0.1) is 6.92 Å². The Balaban J connectivity index is 1.67. The fraction of sp³-hybridized carbons (Fsp3) is 0.174. The molecule has 0 saturated carbocycles. The molecule has 6 nitrogen and oxygen atoms in total. The number of aromatic nitrogens is 2. The van der Waals surface area contributed by atoms with Crippen LogP contribution in [-0.4, -0.2) is 27.9 Å². The highest BCUT2D eigenvalue weighted by Crippen LogP contribution is 2.08. The first kappa shape index (κ1) is 20.1. The molecule has 0 atom stereocenters. The lowest BCUT2D eigenvalue weighted by Gasteiger charge is -2.12. The minimum Gasteiger partial charge on any atom is -0.351 e. The third kappa shape index (κ3) is 6.17. The number of amides is 2. The lowest BCUT2D eigenvalue weighted by atomic mass is 10.1. The van der Waals surface area contributed by atoms with E-state index < -0.39 is 0 Å². The van der Waals surface area contributed by atoms with Crippen molar-refractivity contribution in [2.75, 3.05) is 6.54 Å². The number of hydrogen-bond donors (Lipinski definition) is 2. The smallest absolute Gasteiger partial charge is 0.267 e. The van der Waals surface area contributed by atoms with Crippen LogP contribution in [0.1, 0.15) is 27.9 Å². The molecular weight excluding hydrogens is 364 g/mol. The summed E-state index contributed by atoms with van der Waals surface area (Å²) in [7, 11) is 0. The van der Waals surface area contributed by atoms with E-state index in [1.165, 1.54) is 0 Å². The van der Waals surface area contributed by atoms with Gasteiger partial charge in [0.2, 0.25) is 0 Å². The number of carbonyl (C=O) groups excluding carboxylic acids is 2. The lowest BCUT2D eigenvalue weighted by Crippen LogP contribution is -2.35. The number of aryl methyl sites for hydroxylation is 2. The fourth-order valence-electron chi connectivity index (χ4n) is 2.75. The molecule has 1 aromatic heterocycles. The Kier molecular flexibility index (Phi) is 6.95. The number of benzene rings is 2. The summed E-state index contributed by atoms with van der Waals surface area (Å²) in [5, 5.41) is 5.63. The summed E-state index contributed by atoms with van der Waals surface area (Å²) in [4.78, 5) is 29.3. The fourth-order valence-corrected chi connectivity index (χ4v) is 2.75. The van der Waals surface area contributed by atoms with Gasteiger partial charge in [0.05, 0.1) is 6.33 Å². The second-order valence-corrected chi connectivity index (χ2v) is 6.70. The minimum atomic E-state index is -0.319. The van der Waals surface area contributed by atoms with Crippen molar-refractivity contribution in [3.05, 3.63) is 95.7 Å². The van der Waals surface area contributed by atoms with E-state index in [0.29, 0.717) is 12.1 Å². The monoisotopic (exact) mass is 388 g/mol. The SMILES string of the molecule is Cc1ccc(C(=O)N/C(=C\c2ccccc2)C(=O)NCCCn2ccnc2)cc1. The van der Waals surface area contributed by atoms with Gasteiger partial charge in [0.1, 0.15) is 5.70 Å². The Morgan fingerprint density at radius 1 is 1.07 bits per heavy atom. The van der Waals surface area contributed by atoms with E-state index >= 15 is 0 Å². The number of imidazole rings is 1. The summed E-state index contributed by atoms with van der Waals surface area (Å²) in [6, 6.07) is 16.6. The van der Waals surface area contributed by atoms with Crippen molar-refractivity contribution >= 4 is 17.9 Å². The Bertz CT molecular complexity index is 962. The van der Waals surface area contributed by atoms with Gasteiger partial charge in [0.15, 0.2) is 0 Å². The highest BCUT2D eigenvalue weighted by Gasteiger charge is 2.14. The van der Waals surface area contributed by atoms with Crippen LogP contribution >= 0.6 is 0 Å². The van der Waals surface area contributed by atoms with Gasteiger partial charge >= 0.3 is 0 Å². The zero-order valence-electron chi connectivity index (χ0n) is 16.3. The largest absolute Gasteiger partial charge is 0.351 e. The van der Waals surface area contributed by atoms with Crippen molar-refractivity contribution in [3.63, 3.8) is 0 Å². The van der Waals surface area contributed by atoms with Crippen molar-refractivity contribution in [1.82, 2.24) is 20.2 Å². The number of carbonyl (C=O) groups is 2. The third-order valence-corrected chi connectivity index (χ3v) is 4.35. The highest BCUT2D eigenvalue weighted by atomic mass is 16.2. The van der Waals surface area contributed by atoms with Gasteiger partial charge in [-0.15, -0.1) is 0 Å². The van der Waals surface area contributed by atoms with Crippen molar-refractivity contribution in [2.24, 2.45) is 0 Å². The zero-order valence-corrected chi connectivity index (χ0v) is 16.3. The molecule has 2 N–H and O–H groups in total. The van der Waals surface area contributed by atoms with Gasteiger partial charge in [-0.2, -0.15) is 0 Å². The second kappa shape index (κ2) is 10.0. The molecule has 0 saturated heterocycles. The maximum Gasteiger partial charge on any atom is 0.267 e. The molecule has 2 aromatic carbocycles. The summed E-state index contributed by atoms with van der Waals surface area (Å²) >= 11 is 0. The van der Waals surface area contributed by atoms with Crippen molar-refractivity contribution < 1.29 is 9.59 Å². The molecule has 0 bridgehead atoms. The Labute approximate surface area is 170 Å². The zero-order chi connectivity index (χ0) is 20.5. The molecule has 6 heteroatoms. The van der Waals surface area contributed by atoms with E-state index in [2.05, 4.69) is 15.6 Å². The molecule has 0 radical (unpaired) electrons. The maximum absolute atomic E-state index is 12.7. The Morgan fingerprint density at radius 2 is 1.83 bits per heavy atom. The Hall–Kier alpha value is -3.67. The molecule has 3 rings (SSSR count). The molecule has 0 spiro atoms. The number of nitrogens with zero attached hydrogens (tertiary/aromatic N) is 2. The second-order valence-electron chi connectivity index (χ2n) is 6.70.